The predicted molar refractivity (Wildman–Crippen MR) is 57.4 cm³/mol. The number of rotatable bonds is 3. The van der Waals surface area contributed by atoms with E-state index in [1.54, 1.807) is 6.07 Å². The van der Waals surface area contributed by atoms with Crippen molar-refractivity contribution >= 4 is 11.6 Å². The van der Waals surface area contributed by atoms with Gasteiger partial charge in [0.25, 0.3) is 0 Å². The minimum atomic E-state index is -0.513. The second kappa shape index (κ2) is 4.37. The lowest BCUT2D eigenvalue weighted by atomic mass is 9.88. The van der Waals surface area contributed by atoms with Gasteiger partial charge in [-0.05, 0) is 35.9 Å². The molecule has 0 aliphatic rings. The fourth-order valence-corrected chi connectivity index (χ4v) is 1.51. The molecule has 1 aromatic heterocycles. The number of aliphatic hydroxyl groups excluding tert-OH is 1. The van der Waals surface area contributed by atoms with Gasteiger partial charge in [-0.1, -0.05) is 20.8 Å². The van der Waals surface area contributed by atoms with E-state index >= 15 is 0 Å². The predicted octanol–water partition coefficient (Wildman–Crippen LogP) is 3.79. The SMILES string of the molecule is CC(C)(C)CCC(O)c1ccoc1Cl. The van der Waals surface area contributed by atoms with Crippen LogP contribution in [0, 0.1) is 5.41 Å². The topological polar surface area (TPSA) is 33.4 Å². The molecule has 1 N–H and O–H groups in total. The maximum atomic E-state index is 9.81. The molecule has 0 bridgehead atoms. The fourth-order valence-electron chi connectivity index (χ4n) is 1.27. The zero-order valence-corrected chi connectivity index (χ0v) is 9.64. The van der Waals surface area contributed by atoms with E-state index in [9.17, 15) is 5.11 Å². The second-order valence-electron chi connectivity index (χ2n) is 4.76. The minimum absolute atomic E-state index is 0.233. The summed E-state index contributed by atoms with van der Waals surface area (Å²) < 4.78 is 4.92. The van der Waals surface area contributed by atoms with Crippen molar-refractivity contribution in [1.29, 1.82) is 0 Å². The third kappa shape index (κ3) is 3.35. The Hall–Kier alpha value is -0.470. The smallest absolute Gasteiger partial charge is 0.198 e. The van der Waals surface area contributed by atoms with Crippen molar-refractivity contribution in [3.05, 3.63) is 23.1 Å². The first-order valence-corrected chi connectivity index (χ1v) is 5.19. The van der Waals surface area contributed by atoms with Crippen LogP contribution < -0.4 is 0 Å². The molecular weight excluding hydrogens is 200 g/mol. The molecule has 0 radical (unpaired) electrons. The van der Waals surface area contributed by atoms with Gasteiger partial charge in [-0.2, -0.15) is 0 Å². The summed E-state index contributed by atoms with van der Waals surface area (Å²) in [5.74, 6) is 0. The average Bonchev–Trinajstić information content (AvgIpc) is 2.46. The van der Waals surface area contributed by atoms with Crippen molar-refractivity contribution in [1.82, 2.24) is 0 Å². The van der Waals surface area contributed by atoms with Crippen LogP contribution in [0.1, 0.15) is 45.3 Å². The highest BCUT2D eigenvalue weighted by Crippen LogP contribution is 2.31. The Bertz CT molecular complexity index is 286. The molecular formula is C11H17ClO2. The van der Waals surface area contributed by atoms with E-state index in [0.29, 0.717) is 17.2 Å². The third-order valence-corrected chi connectivity index (χ3v) is 2.48. The number of hydrogen-bond donors (Lipinski definition) is 1. The number of hydrogen-bond acceptors (Lipinski definition) is 2. The Morgan fingerprint density at radius 2 is 2.14 bits per heavy atom. The molecule has 14 heavy (non-hydrogen) atoms. The maximum Gasteiger partial charge on any atom is 0.198 e. The summed E-state index contributed by atoms with van der Waals surface area (Å²) in [6, 6.07) is 1.72. The molecule has 0 saturated heterocycles. The molecule has 80 valence electrons. The number of furan rings is 1. The first kappa shape index (κ1) is 11.6. The molecule has 1 atom stereocenters. The highest BCUT2D eigenvalue weighted by molar-refractivity contribution is 6.29. The van der Waals surface area contributed by atoms with Crippen molar-refractivity contribution < 1.29 is 9.52 Å². The molecule has 1 rings (SSSR count). The van der Waals surface area contributed by atoms with E-state index in [2.05, 4.69) is 20.8 Å². The van der Waals surface area contributed by atoms with Crippen LogP contribution in [0.3, 0.4) is 0 Å². The molecule has 0 spiro atoms. The molecule has 0 fully saturated rings. The van der Waals surface area contributed by atoms with Gasteiger partial charge >= 0.3 is 0 Å². The van der Waals surface area contributed by atoms with Gasteiger partial charge in [0.2, 0.25) is 0 Å². The van der Waals surface area contributed by atoms with E-state index in [1.807, 2.05) is 0 Å². The van der Waals surface area contributed by atoms with E-state index in [-0.39, 0.29) is 5.41 Å². The zero-order chi connectivity index (χ0) is 10.8. The van der Waals surface area contributed by atoms with Crippen LogP contribution in [0.15, 0.2) is 16.7 Å². The van der Waals surface area contributed by atoms with Crippen molar-refractivity contribution in [3.63, 3.8) is 0 Å². The van der Waals surface area contributed by atoms with Gasteiger partial charge in [0.1, 0.15) is 0 Å². The van der Waals surface area contributed by atoms with Gasteiger partial charge in [-0.3, -0.25) is 0 Å². The van der Waals surface area contributed by atoms with Gasteiger partial charge in [0, 0.05) is 5.56 Å². The molecule has 0 aliphatic carbocycles. The molecule has 0 saturated carbocycles. The van der Waals surface area contributed by atoms with Crippen LogP contribution in [-0.4, -0.2) is 5.11 Å². The van der Waals surface area contributed by atoms with Gasteiger partial charge in [-0.15, -0.1) is 0 Å². The van der Waals surface area contributed by atoms with Gasteiger partial charge < -0.3 is 9.52 Å². The first-order valence-electron chi connectivity index (χ1n) is 4.81. The quantitative estimate of drug-likeness (QED) is 0.834. The molecule has 0 amide bonds. The van der Waals surface area contributed by atoms with Crippen molar-refractivity contribution in [2.24, 2.45) is 5.41 Å². The van der Waals surface area contributed by atoms with Gasteiger partial charge in [0.05, 0.1) is 12.4 Å². The van der Waals surface area contributed by atoms with E-state index in [0.717, 1.165) is 6.42 Å². The number of aliphatic hydroxyl groups is 1. The van der Waals surface area contributed by atoms with Crippen LogP contribution in [0.25, 0.3) is 0 Å². The summed E-state index contributed by atoms with van der Waals surface area (Å²) in [6.07, 6.45) is 2.65. The van der Waals surface area contributed by atoms with E-state index < -0.39 is 6.10 Å². The van der Waals surface area contributed by atoms with E-state index in [1.165, 1.54) is 6.26 Å². The summed E-state index contributed by atoms with van der Waals surface area (Å²) >= 11 is 5.76. The Morgan fingerprint density at radius 1 is 1.50 bits per heavy atom. The standard InChI is InChI=1S/C11H17ClO2/c1-11(2,3)6-4-9(13)8-5-7-14-10(8)12/h5,7,9,13H,4,6H2,1-3H3. The normalized spacial score (nSPS) is 14.4. The average molecular weight is 217 g/mol. The molecule has 3 heteroatoms. The van der Waals surface area contributed by atoms with Gasteiger partial charge in [0.15, 0.2) is 5.22 Å². The summed E-state index contributed by atoms with van der Waals surface area (Å²) in [5.41, 5.74) is 0.924. The molecule has 0 aromatic carbocycles. The van der Waals surface area contributed by atoms with Crippen molar-refractivity contribution in [3.8, 4) is 0 Å². The zero-order valence-electron chi connectivity index (χ0n) is 8.88. The Labute approximate surface area is 89.9 Å². The lowest BCUT2D eigenvalue weighted by Gasteiger charge is -2.19. The summed E-state index contributed by atoms with van der Waals surface area (Å²) in [6.45, 7) is 6.45. The van der Waals surface area contributed by atoms with Crippen molar-refractivity contribution in [2.45, 2.75) is 39.7 Å². The summed E-state index contributed by atoms with van der Waals surface area (Å²) in [5, 5.41) is 10.1. The maximum absolute atomic E-state index is 9.81. The Balaban J connectivity index is 2.51. The fraction of sp³-hybridized carbons (Fsp3) is 0.636. The highest BCUT2D eigenvalue weighted by Gasteiger charge is 2.17. The second-order valence-corrected chi connectivity index (χ2v) is 5.11. The largest absolute Gasteiger partial charge is 0.453 e. The van der Waals surface area contributed by atoms with E-state index in [4.69, 9.17) is 16.0 Å². The van der Waals surface area contributed by atoms with Gasteiger partial charge in [-0.25, -0.2) is 0 Å². The molecule has 2 nitrogen and oxygen atoms in total. The number of halogens is 1. The molecule has 1 unspecified atom stereocenters. The van der Waals surface area contributed by atoms with Crippen LogP contribution in [0.2, 0.25) is 5.22 Å². The lowest BCUT2D eigenvalue weighted by Crippen LogP contribution is -2.08. The molecule has 1 aromatic rings. The molecule has 1 heterocycles. The van der Waals surface area contributed by atoms with Crippen LogP contribution in [0.5, 0.6) is 0 Å². The first-order chi connectivity index (χ1) is 6.40. The monoisotopic (exact) mass is 216 g/mol. The summed E-state index contributed by atoms with van der Waals surface area (Å²) in [4.78, 5) is 0. The third-order valence-electron chi connectivity index (χ3n) is 2.17. The summed E-state index contributed by atoms with van der Waals surface area (Å²) in [7, 11) is 0. The minimum Gasteiger partial charge on any atom is -0.453 e. The van der Waals surface area contributed by atoms with Crippen LogP contribution in [-0.2, 0) is 0 Å². The van der Waals surface area contributed by atoms with Crippen LogP contribution in [0.4, 0.5) is 0 Å². The highest BCUT2D eigenvalue weighted by atomic mass is 35.5. The Morgan fingerprint density at radius 3 is 2.57 bits per heavy atom. The lowest BCUT2D eigenvalue weighted by molar-refractivity contribution is 0.147. The van der Waals surface area contributed by atoms with Crippen LogP contribution >= 0.6 is 11.6 Å². The van der Waals surface area contributed by atoms with Crippen molar-refractivity contribution in [2.75, 3.05) is 0 Å². The molecule has 0 aliphatic heterocycles. The Kier molecular flexibility index (Phi) is 3.62.